The summed E-state index contributed by atoms with van der Waals surface area (Å²) in [5.41, 5.74) is 11.4. The van der Waals surface area contributed by atoms with Crippen LogP contribution < -0.4 is 5.73 Å². The van der Waals surface area contributed by atoms with Crippen molar-refractivity contribution in [3.05, 3.63) is 70.8 Å². The van der Waals surface area contributed by atoms with Crippen molar-refractivity contribution in [3.63, 3.8) is 0 Å². The number of hydrogen-bond acceptors (Lipinski definition) is 1. The molecule has 20 heavy (non-hydrogen) atoms. The molecule has 0 radical (unpaired) electrons. The fraction of sp³-hybridized carbons (Fsp3) is 0.368. The van der Waals surface area contributed by atoms with Gasteiger partial charge in [0.05, 0.1) is 0 Å². The third kappa shape index (κ3) is 3.71. The van der Waals surface area contributed by atoms with Crippen molar-refractivity contribution < 1.29 is 0 Å². The summed E-state index contributed by atoms with van der Waals surface area (Å²) in [6.07, 6.45) is 1.01. The summed E-state index contributed by atoms with van der Waals surface area (Å²) >= 11 is 0. The van der Waals surface area contributed by atoms with Crippen molar-refractivity contribution in [3.8, 4) is 0 Å². The highest BCUT2D eigenvalue weighted by Gasteiger charge is 2.11. The second-order valence-corrected chi connectivity index (χ2v) is 5.95. The second-order valence-electron chi connectivity index (χ2n) is 5.95. The van der Waals surface area contributed by atoms with Crippen LogP contribution in [0, 0.1) is 6.92 Å². The van der Waals surface area contributed by atoms with Gasteiger partial charge in [0.25, 0.3) is 0 Å². The van der Waals surface area contributed by atoms with Crippen LogP contribution in [0.2, 0.25) is 0 Å². The van der Waals surface area contributed by atoms with E-state index in [4.69, 9.17) is 5.73 Å². The van der Waals surface area contributed by atoms with Crippen molar-refractivity contribution in [1.82, 2.24) is 0 Å². The van der Waals surface area contributed by atoms with Crippen LogP contribution in [0.25, 0.3) is 0 Å². The van der Waals surface area contributed by atoms with Crippen molar-refractivity contribution >= 4 is 0 Å². The lowest BCUT2D eigenvalue weighted by atomic mass is 9.90. The molecule has 2 aromatic rings. The van der Waals surface area contributed by atoms with Crippen LogP contribution in [0.3, 0.4) is 0 Å². The Morgan fingerprint density at radius 1 is 0.950 bits per heavy atom. The lowest BCUT2D eigenvalue weighted by Gasteiger charge is -2.17. The molecule has 0 spiro atoms. The average molecular weight is 267 g/mol. The maximum atomic E-state index is 5.99. The molecule has 0 fully saturated rings. The minimum Gasteiger partial charge on any atom is -0.330 e. The Balaban J connectivity index is 2.15. The molecule has 0 aliphatic carbocycles. The normalized spacial score (nSPS) is 12.7. The van der Waals surface area contributed by atoms with E-state index < -0.39 is 0 Å². The van der Waals surface area contributed by atoms with Gasteiger partial charge in [0.2, 0.25) is 0 Å². The first-order valence-electron chi connectivity index (χ1n) is 7.45. The lowest BCUT2D eigenvalue weighted by molar-refractivity contribution is 0.693. The molecule has 1 nitrogen and oxygen atoms in total. The molecule has 1 heteroatoms. The largest absolute Gasteiger partial charge is 0.330 e. The van der Waals surface area contributed by atoms with Gasteiger partial charge in [-0.3, -0.25) is 0 Å². The van der Waals surface area contributed by atoms with Gasteiger partial charge < -0.3 is 5.73 Å². The average Bonchev–Trinajstić information content (AvgIpc) is 2.45. The van der Waals surface area contributed by atoms with Crippen LogP contribution in [0.1, 0.15) is 47.9 Å². The van der Waals surface area contributed by atoms with Gasteiger partial charge in [0, 0.05) is 5.92 Å². The van der Waals surface area contributed by atoms with Crippen molar-refractivity contribution in [2.75, 3.05) is 6.54 Å². The predicted molar refractivity (Wildman–Crippen MR) is 87.2 cm³/mol. The maximum absolute atomic E-state index is 5.99. The Morgan fingerprint density at radius 2 is 1.60 bits per heavy atom. The summed E-state index contributed by atoms with van der Waals surface area (Å²) in [6, 6.07) is 17.7. The molecule has 1 unspecified atom stereocenters. The van der Waals surface area contributed by atoms with Crippen molar-refractivity contribution in [2.45, 2.75) is 39.0 Å². The fourth-order valence-corrected chi connectivity index (χ4v) is 2.61. The van der Waals surface area contributed by atoms with Gasteiger partial charge in [-0.05, 0) is 42.5 Å². The van der Waals surface area contributed by atoms with E-state index >= 15 is 0 Å². The van der Waals surface area contributed by atoms with Gasteiger partial charge in [-0.15, -0.1) is 0 Å². The van der Waals surface area contributed by atoms with Gasteiger partial charge in [-0.25, -0.2) is 0 Å². The van der Waals surface area contributed by atoms with E-state index in [-0.39, 0.29) is 0 Å². The minimum absolute atomic E-state index is 0.401. The smallest absolute Gasteiger partial charge is 0.000157 e. The van der Waals surface area contributed by atoms with Crippen LogP contribution in [-0.2, 0) is 6.42 Å². The van der Waals surface area contributed by atoms with E-state index in [0.717, 1.165) is 6.42 Å². The van der Waals surface area contributed by atoms with Crippen LogP contribution in [0.5, 0.6) is 0 Å². The highest BCUT2D eigenvalue weighted by molar-refractivity contribution is 5.30. The third-order valence-corrected chi connectivity index (χ3v) is 3.92. The van der Waals surface area contributed by atoms with E-state index in [9.17, 15) is 0 Å². The molecular weight excluding hydrogens is 242 g/mol. The molecule has 2 N–H and O–H groups in total. The van der Waals surface area contributed by atoms with Gasteiger partial charge in [-0.1, -0.05) is 67.9 Å². The molecule has 1 atom stereocenters. The van der Waals surface area contributed by atoms with Crippen LogP contribution in [0.4, 0.5) is 0 Å². The molecule has 0 saturated carbocycles. The quantitative estimate of drug-likeness (QED) is 0.853. The molecule has 0 aromatic heterocycles. The Bertz CT molecular complexity index is 540. The number of nitrogens with two attached hydrogens (primary N) is 1. The van der Waals surface area contributed by atoms with Gasteiger partial charge in [0.15, 0.2) is 0 Å². The van der Waals surface area contributed by atoms with Gasteiger partial charge >= 0.3 is 0 Å². The van der Waals surface area contributed by atoms with Crippen molar-refractivity contribution in [2.24, 2.45) is 5.73 Å². The zero-order valence-electron chi connectivity index (χ0n) is 12.8. The Kier molecular flexibility index (Phi) is 4.97. The molecule has 0 bridgehead atoms. The zero-order valence-corrected chi connectivity index (χ0v) is 12.8. The van der Waals surface area contributed by atoms with E-state index in [1.165, 1.54) is 22.3 Å². The SMILES string of the molecule is Cc1cccc(CC(CN)c2ccc(C(C)C)cc2)c1. The van der Waals surface area contributed by atoms with E-state index in [1.807, 2.05) is 0 Å². The minimum atomic E-state index is 0.401. The molecule has 0 amide bonds. The third-order valence-electron chi connectivity index (χ3n) is 3.92. The Morgan fingerprint density at radius 3 is 2.15 bits per heavy atom. The lowest BCUT2D eigenvalue weighted by Crippen LogP contribution is -2.15. The number of rotatable bonds is 5. The monoisotopic (exact) mass is 267 g/mol. The maximum Gasteiger partial charge on any atom is 0.000157 e. The van der Waals surface area contributed by atoms with Crippen molar-refractivity contribution in [1.29, 1.82) is 0 Å². The highest BCUT2D eigenvalue weighted by atomic mass is 14.5. The van der Waals surface area contributed by atoms with Crippen LogP contribution in [-0.4, -0.2) is 6.54 Å². The summed E-state index contributed by atoms with van der Waals surface area (Å²) in [4.78, 5) is 0. The first-order valence-corrected chi connectivity index (χ1v) is 7.45. The molecule has 0 saturated heterocycles. The number of benzene rings is 2. The zero-order chi connectivity index (χ0) is 14.5. The summed E-state index contributed by atoms with van der Waals surface area (Å²) in [6.45, 7) is 7.28. The molecular formula is C19H25N. The van der Waals surface area contributed by atoms with Gasteiger partial charge in [0.1, 0.15) is 0 Å². The van der Waals surface area contributed by atoms with Crippen LogP contribution >= 0.6 is 0 Å². The topological polar surface area (TPSA) is 26.0 Å². The molecule has 2 aromatic carbocycles. The first-order chi connectivity index (χ1) is 9.60. The highest BCUT2D eigenvalue weighted by Crippen LogP contribution is 2.23. The molecule has 2 rings (SSSR count). The van der Waals surface area contributed by atoms with E-state index in [2.05, 4.69) is 69.3 Å². The van der Waals surface area contributed by atoms with E-state index in [1.54, 1.807) is 0 Å². The van der Waals surface area contributed by atoms with Crippen LogP contribution in [0.15, 0.2) is 48.5 Å². The fourth-order valence-electron chi connectivity index (χ4n) is 2.61. The Hall–Kier alpha value is -1.60. The summed E-state index contributed by atoms with van der Waals surface area (Å²) in [5, 5.41) is 0. The van der Waals surface area contributed by atoms with Gasteiger partial charge in [-0.2, -0.15) is 0 Å². The first kappa shape index (κ1) is 14.8. The number of hydrogen-bond donors (Lipinski definition) is 1. The standard InChI is InChI=1S/C19H25N/c1-14(2)17-7-9-18(10-8-17)19(13-20)12-16-6-4-5-15(3)11-16/h4-11,14,19H,12-13,20H2,1-3H3. The summed E-state index contributed by atoms with van der Waals surface area (Å²) in [7, 11) is 0. The molecule has 106 valence electrons. The molecule has 0 heterocycles. The molecule has 0 aliphatic heterocycles. The summed E-state index contributed by atoms with van der Waals surface area (Å²) in [5.74, 6) is 0.982. The second kappa shape index (κ2) is 6.71. The summed E-state index contributed by atoms with van der Waals surface area (Å²) < 4.78 is 0. The van der Waals surface area contributed by atoms with E-state index in [0.29, 0.717) is 18.4 Å². The number of aryl methyl sites for hydroxylation is 1. The molecule has 0 aliphatic rings. The predicted octanol–water partition coefficient (Wildman–Crippen LogP) is 4.40. The Labute approximate surface area is 122 Å².